The molecule has 1 amide bonds. The second kappa shape index (κ2) is 7.01. The predicted molar refractivity (Wildman–Crippen MR) is 98.9 cm³/mol. The van der Waals surface area contributed by atoms with E-state index in [1.54, 1.807) is 21.3 Å². The lowest BCUT2D eigenvalue weighted by atomic mass is 9.68. The molecule has 5 rings (SSSR count). The summed E-state index contributed by atoms with van der Waals surface area (Å²) in [4.78, 5) is 15.3. The zero-order valence-corrected chi connectivity index (χ0v) is 16.0. The highest BCUT2D eigenvalue weighted by Gasteiger charge is 2.43. The van der Waals surface area contributed by atoms with Crippen molar-refractivity contribution in [3.63, 3.8) is 0 Å². The monoisotopic (exact) mass is 359 g/mol. The van der Waals surface area contributed by atoms with E-state index < -0.39 is 0 Å². The van der Waals surface area contributed by atoms with Gasteiger partial charge in [0.15, 0.2) is 11.5 Å². The molecular weight excluding hydrogens is 330 g/mol. The van der Waals surface area contributed by atoms with Crippen molar-refractivity contribution in [3.8, 4) is 17.2 Å². The minimum absolute atomic E-state index is 0.234. The van der Waals surface area contributed by atoms with Gasteiger partial charge in [-0.3, -0.25) is 4.79 Å². The average molecular weight is 359 g/mol. The Kier molecular flexibility index (Phi) is 4.72. The van der Waals surface area contributed by atoms with E-state index in [1.165, 1.54) is 32.1 Å². The summed E-state index contributed by atoms with van der Waals surface area (Å²) in [5.41, 5.74) is 0.911. The van der Waals surface area contributed by atoms with Crippen molar-refractivity contribution >= 4 is 5.91 Å². The molecular formula is C21H29NO4. The molecule has 0 spiro atoms. The van der Waals surface area contributed by atoms with Crippen molar-refractivity contribution < 1.29 is 19.0 Å². The molecule has 0 N–H and O–H groups in total. The molecule has 2 atom stereocenters. The molecule has 2 aliphatic heterocycles. The summed E-state index contributed by atoms with van der Waals surface area (Å²) in [5, 5.41) is 0. The smallest absolute Gasteiger partial charge is 0.227 e. The molecule has 5 heteroatoms. The molecule has 1 aromatic rings. The fourth-order valence-electron chi connectivity index (χ4n) is 5.60. The predicted octanol–water partition coefficient (Wildman–Crippen LogP) is 3.29. The van der Waals surface area contributed by atoms with E-state index in [2.05, 4.69) is 4.90 Å². The Morgan fingerprint density at radius 2 is 1.50 bits per heavy atom. The van der Waals surface area contributed by atoms with Crippen molar-refractivity contribution in [1.82, 2.24) is 4.90 Å². The normalized spacial score (nSPS) is 29.4. The lowest BCUT2D eigenvalue weighted by Gasteiger charge is -2.39. The minimum Gasteiger partial charge on any atom is -0.493 e. The lowest BCUT2D eigenvalue weighted by Crippen LogP contribution is -2.42. The van der Waals surface area contributed by atoms with Gasteiger partial charge in [0.1, 0.15) is 0 Å². The van der Waals surface area contributed by atoms with Crippen LogP contribution < -0.4 is 14.2 Å². The van der Waals surface area contributed by atoms with Crippen LogP contribution in [0.2, 0.25) is 0 Å². The summed E-state index contributed by atoms with van der Waals surface area (Å²) in [6, 6.07) is 4.22. The molecule has 5 nitrogen and oxygen atoms in total. The van der Waals surface area contributed by atoms with Crippen LogP contribution in [0.4, 0.5) is 0 Å². The van der Waals surface area contributed by atoms with E-state index in [9.17, 15) is 4.79 Å². The van der Waals surface area contributed by atoms with Gasteiger partial charge in [-0.1, -0.05) is 0 Å². The van der Waals surface area contributed by atoms with Crippen molar-refractivity contribution in [1.29, 1.82) is 0 Å². The topological polar surface area (TPSA) is 48.0 Å². The Morgan fingerprint density at radius 1 is 0.923 bits per heavy atom. The summed E-state index contributed by atoms with van der Waals surface area (Å²) < 4.78 is 16.2. The third-order valence-corrected chi connectivity index (χ3v) is 6.51. The molecule has 1 aromatic carbocycles. The van der Waals surface area contributed by atoms with Crippen molar-refractivity contribution in [2.24, 2.45) is 17.8 Å². The Labute approximate surface area is 155 Å². The molecule has 0 aromatic heterocycles. The zero-order valence-electron chi connectivity index (χ0n) is 16.0. The molecule has 0 radical (unpaired) electrons. The van der Waals surface area contributed by atoms with Crippen LogP contribution in [0.3, 0.4) is 0 Å². The third-order valence-electron chi connectivity index (χ3n) is 6.51. The van der Waals surface area contributed by atoms with Gasteiger partial charge in [-0.15, -0.1) is 0 Å². The number of carbonyl (C=O) groups is 1. The van der Waals surface area contributed by atoms with E-state index >= 15 is 0 Å². The quantitative estimate of drug-likeness (QED) is 0.809. The molecule has 4 bridgehead atoms. The molecule has 2 aliphatic carbocycles. The number of hydrogen-bond acceptors (Lipinski definition) is 4. The Morgan fingerprint density at radius 3 is 2.04 bits per heavy atom. The van der Waals surface area contributed by atoms with E-state index in [0.29, 0.717) is 35.6 Å². The second-order valence-corrected chi connectivity index (χ2v) is 8.19. The van der Waals surface area contributed by atoms with Gasteiger partial charge in [-0.05, 0) is 67.6 Å². The van der Waals surface area contributed by atoms with Crippen LogP contribution >= 0.6 is 0 Å². The Hall–Kier alpha value is -1.91. The number of amides is 1. The molecule has 2 saturated heterocycles. The first-order valence-corrected chi connectivity index (χ1v) is 9.69. The first-order chi connectivity index (χ1) is 12.6. The summed E-state index contributed by atoms with van der Waals surface area (Å²) in [5.74, 6) is 4.40. The van der Waals surface area contributed by atoms with Crippen LogP contribution in [0.15, 0.2) is 12.1 Å². The summed E-state index contributed by atoms with van der Waals surface area (Å²) in [6.45, 7) is 0.945. The number of carbonyl (C=O) groups excluding carboxylic acids is 1. The van der Waals surface area contributed by atoms with E-state index in [4.69, 9.17) is 14.2 Å². The molecule has 2 heterocycles. The number of benzene rings is 1. The van der Waals surface area contributed by atoms with Gasteiger partial charge in [0, 0.05) is 12.6 Å². The molecule has 26 heavy (non-hydrogen) atoms. The fraction of sp³-hybridized carbons (Fsp3) is 0.667. The number of nitrogens with zero attached hydrogens (tertiary/aromatic N) is 1. The zero-order chi connectivity index (χ0) is 18.3. The molecule has 2 saturated carbocycles. The van der Waals surface area contributed by atoms with Crippen LogP contribution in [0.5, 0.6) is 17.2 Å². The SMILES string of the molecule is COc1cc(CC(=O)N2CC3CC4CC(C3)CC2C4)cc(OC)c1OC. The first kappa shape index (κ1) is 17.5. The van der Waals surface area contributed by atoms with Gasteiger partial charge >= 0.3 is 0 Å². The number of hydrogen-bond donors (Lipinski definition) is 0. The van der Waals surface area contributed by atoms with Gasteiger partial charge in [0.25, 0.3) is 0 Å². The molecule has 4 fully saturated rings. The fourth-order valence-corrected chi connectivity index (χ4v) is 5.60. The van der Waals surface area contributed by atoms with E-state index in [0.717, 1.165) is 23.9 Å². The molecule has 4 aliphatic rings. The summed E-state index contributed by atoms with van der Waals surface area (Å²) >= 11 is 0. The highest BCUT2D eigenvalue weighted by atomic mass is 16.5. The van der Waals surface area contributed by atoms with Crippen LogP contribution in [-0.2, 0) is 11.2 Å². The van der Waals surface area contributed by atoms with Gasteiger partial charge < -0.3 is 19.1 Å². The minimum atomic E-state index is 0.234. The Bertz CT molecular complexity index is 650. The number of fused-ring (bicyclic) bond motifs is 1. The van der Waals surface area contributed by atoms with E-state index in [1.807, 2.05) is 12.1 Å². The van der Waals surface area contributed by atoms with Gasteiger partial charge in [-0.2, -0.15) is 0 Å². The highest BCUT2D eigenvalue weighted by Crippen LogP contribution is 2.47. The largest absolute Gasteiger partial charge is 0.493 e. The standard InChI is InChI=1S/C21H29NO4/c1-24-18-9-15(10-19(25-2)21(18)26-3)11-20(23)22-12-16-5-13-4-14(6-16)8-17(22)7-13/h9-10,13-14,16-17H,4-8,11-12H2,1-3H3. The van der Waals surface area contributed by atoms with Gasteiger partial charge in [0.2, 0.25) is 11.7 Å². The number of ether oxygens (including phenoxy) is 3. The number of rotatable bonds is 5. The highest BCUT2D eigenvalue weighted by molar-refractivity contribution is 5.80. The first-order valence-electron chi connectivity index (χ1n) is 9.69. The van der Waals surface area contributed by atoms with Crippen LogP contribution in [0.25, 0.3) is 0 Å². The van der Waals surface area contributed by atoms with Gasteiger partial charge in [-0.25, -0.2) is 0 Å². The van der Waals surface area contributed by atoms with Crippen molar-refractivity contribution in [3.05, 3.63) is 17.7 Å². The summed E-state index contributed by atoms with van der Waals surface area (Å²) in [6.07, 6.45) is 6.82. The van der Waals surface area contributed by atoms with Crippen molar-refractivity contribution in [2.45, 2.75) is 44.6 Å². The maximum absolute atomic E-state index is 13.2. The molecule has 2 unspecified atom stereocenters. The van der Waals surface area contributed by atoms with Crippen LogP contribution in [0.1, 0.15) is 37.7 Å². The lowest BCUT2D eigenvalue weighted by molar-refractivity contribution is -0.133. The van der Waals surface area contributed by atoms with Crippen molar-refractivity contribution in [2.75, 3.05) is 27.9 Å². The maximum atomic E-state index is 13.2. The maximum Gasteiger partial charge on any atom is 0.227 e. The van der Waals surface area contributed by atoms with Gasteiger partial charge in [0.05, 0.1) is 27.8 Å². The average Bonchev–Trinajstić information content (AvgIpc) is 2.84. The second-order valence-electron chi connectivity index (χ2n) is 8.19. The van der Waals surface area contributed by atoms with E-state index in [-0.39, 0.29) is 5.91 Å². The van der Waals surface area contributed by atoms with Crippen LogP contribution in [0, 0.1) is 17.8 Å². The van der Waals surface area contributed by atoms with Crippen LogP contribution in [-0.4, -0.2) is 44.7 Å². The molecule has 142 valence electrons. The third kappa shape index (κ3) is 3.12. The Balaban J connectivity index is 1.55. The number of methoxy groups -OCH3 is 3. The summed E-state index contributed by atoms with van der Waals surface area (Å²) in [7, 11) is 4.80.